The summed E-state index contributed by atoms with van der Waals surface area (Å²) in [6.07, 6.45) is 0.660. The van der Waals surface area contributed by atoms with Crippen LogP contribution in [0.1, 0.15) is 73.6 Å². The van der Waals surface area contributed by atoms with Crippen LogP contribution in [-0.2, 0) is 9.47 Å². The number of hydrogen-bond donors (Lipinski definition) is 4. The molecular formula is C31H34F3N5O6. The summed E-state index contributed by atoms with van der Waals surface area (Å²) in [4.78, 5) is 45.6. The minimum absolute atomic E-state index is 0.0903. The Morgan fingerprint density at radius 3 is 2.36 bits per heavy atom. The maximum Gasteiger partial charge on any atom is 0.407 e. The number of rotatable bonds is 6. The molecular weight excluding hydrogens is 595 g/mol. The number of alkyl carbamates (subject to hydrolysis) is 1. The van der Waals surface area contributed by atoms with Crippen LogP contribution in [0.15, 0.2) is 42.7 Å². The summed E-state index contributed by atoms with van der Waals surface area (Å²) in [5.41, 5.74) is -3.93. The van der Waals surface area contributed by atoms with E-state index in [9.17, 15) is 32.7 Å². The molecule has 4 rings (SSSR count). The molecule has 11 nitrogen and oxygen atoms in total. The monoisotopic (exact) mass is 629 g/mol. The highest BCUT2D eigenvalue weighted by Crippen LogP contribution is 2.39. The van der Waals surface area contributed by atoms with Crippen LogP contribution in [0, 0.1) is 17.5 Å². The number of aliphatic hydroxyl groups is 1. The lowest BCUT2D eigenvalue weighted by molar-refractivity contribution is -0.176. The number of amides is 3. The van der Waals surface area contributed by atoms with Gasteiger partial charge in [-0.2, -0.15) is 0 Å². The van der Waals surface area contributed by atoms with Gasteiger partial charge in [-0.3, -0.25) is 14.6 Å². The first-order chi connectivity index (χ1) is 21.0. The third-order valence-electron chi connectivity index (χ3n) is 7.33. The summed E-state index contributed by atoms with van der Waals surface area (Å²) in [5.74, 6) is -5.20. The number of carbonyl (C=O) groups is 3. The molecule has 2 aromatic heterocycles. The average molecular weight is 630 g/mol. The molecule has 0 radical (unpaired) electrons. The van der Waals surface area contributed by atoms with E-state index in [0.29, 0.717) is 5.56 Å². The Labute approximate surface area is 257 Å². The summed E-state index contributed by atoms with van der Waals surface area (Å²) in [6.45, 7) is 8.29. The number of benzene rings is 1. The van der Waals surface area contributed by atoms with Crippen molar-refractivity contribution in [3.8, 4) is 11.3 Å². The molecule has 0 bridgehead atoms. The number of ether oxygens (including phenoxy) is 2. The van der Waals surface area contributed by atoms with E-state index < -0.39 is 76.1 Å². The summed E-state index contributed by atoms with van der Waals surface area (Å²) in [6, 6.07) is 4.13. The number of carbonyl (C=O) groups excluding carboxylic acids is 3. The van der Waals surface area contributed by atoms with Crippen molar-refractivity contribution < 1.29 is 42.1 Å². The van der Waals surface area contributed by atoms with Crippen LogP contribution in [0.5, 0.6) is 0 Å². The van der Waals surface area contributed by atoms with Crippen LogP contribution >= 0.6 is 0 Å². The molecule has 1 aliphatic rings. The topological polar surface area (TPSA) is 152 Å². The molecule has 1 fully saturated rings. The second kappa shape index (κ2) is 12.8. The zero-order valence-electron chi connectivity index (χ0n) is 25.5. The number of anilines is 1. The molecule has 0 spiro atoms. The lowest BCUT2D eigenvalue weighted by atomic mass is 9.82. The Bertz CT molecular complexity index is 1600. The fraction of sp³-hybridized carbons (Fsp3) is 0.387. The van der Waals surface area contributed by atoms with Crippen molar-refractivity contribution in [2.24, 2.45) is 0 Å². The molecule has 45 heavy (non-hydrogen) atoms. The van der Waals surface area contributed by atoms with Gasteiger partial charge in [0.1, 0.15) is 40.0 Å². The number of hydrogen-bond acceptors (Lipinski definition) is 8. The van der Waals surface area contributed by atoms with Crippen LogP contribution in [0.4, 0.5) is 23.7 Å². The van der Waals surface area contributed by atoms with Crippen molar-refractivity contribution in [2.45, 2.75) is 70.5 Å². The van der Waals surface area contributed by atoms with Gasteiger partial charge in [-0.1, -0.05) is 0 Å². The second-order valence-corrected chi connectivity index (χ2v) is 11.8. The Morgan fingerprint density at radius 1 is 1.07 bits per heavy atom. The van der Waals surface area contributed by atoms with Crippen LogP contribution < -0.4 is 16.0 Å². The van der Waals surface area contributed by atoms with Gasteiger partial charge in [0.15, 0.2) is 0 Å². The lowest BCUT2D eigenvalue weighted by Crippen LogP contribution is -2.61. The van der Waals surface area contributed by atoms with Gasteiger partial charge in [0.2, 0.25) is 0 Å². The van der Waals surface area contributed by atoms with Gasteiger partial charge in [0.05, 0.1) is 35.7 Å². The Balaban J connectivity index is 1.61. The van der Waals surface area contributed by atoms with Gasteiger partial charge in [-0.25, -0.2) is 22.9 Å². The van der Waals surface area contributed by atoms with E-state index in [1.54, 1.807) is 33.8 Å². The number of halogens is 3. The fourth-order valence-electron chi connectivity index (χ4n) is 4.83. The smallest absolute Gasteiger partial charge is 0.407 e. The summed E-state index contributed by atoms with van der Waals surface area (Å²) in [5, 5.41) is 18.7. The molecule has 240 valence electrons. The van der Waals surface area contributed by atoms with Crippen molar-refractivity contribution >= 4 is 23.6 Å². The van der Waals surface area contributed by atoms with Crippen molar-refractivity contribution in [3.63, 3.8) is 0 Å². The minimum Gasteiger partial charge on any atom is -0.444 e. The molecule has 3 aromatic rings. The van der Waals surface area contributed by atoms with Crippen molar-refractivity contribution in [1.82, 2.24) is 20.6 Å². The zero-order valence-corrected chi connectivity index (χ0v) is 25.5. The molecule has 14 heteroatoms. The third kappa shape index (κ3) is 7.40. The van der Waals surface area contributed by atoms with E-state index in [-0.39, 0.29) is 23.4 Å². The van der Waals surface area contributed by atoms with Gasteiger partial charge >= 0.3 is 6.09 Å². The van der Waals surface area contributed by atoms with Gasteiger partial charge in [-0.05, 0) is 65.0 Å². The largest absolute Gasteiger partial charge is 0.444 e. The molecule has 0 aliphatic carbocycles. The van der Waals surface area contributed by atoms with Gasteiger partial charge < -0.3 is 30.5 Å². The highest BCUT2D eigenvalue weighted by molar-refractivity contribution is 6.03. The minimum atomic E-state index is -1.47. The van der Waals surface area contributed by atoms with E-state index >= 15 is 0 Å². The Kier molecular flexibility index (Phi) is 9.49. The van der Waals surface area contributed by atoms with E-state index in [1.807, 2.05) is 0 Å². The number of pyridine rings is 2. The molecule has 3 heterocycles. The SMILES string of the molecule is CNC(=O)c1cc(F)c(-c2nc(C(=O)Nc3cnccc3[C@H]3C[C@@H](NC(=O)OC(C)(C)C)[C@](C)(O)[C@@H](C)O3)ccc2F)c(F)c1. The quantitative estimate of drug-likeness (QED) is 0.307. The first-order valence-corrected chi connectivity index (χ1v) is 14.0. The van der Waals surface area contributed by atoms with E-state index in [0.717, 1.165) is 24.3 Å². The maximum atomic E-state index is 14.9. The van der Waals surface area contributed by atoms with Crippen LogP contribution in [0.25, 0.3) is 11.3 Å². The number of nitrogens with one attached hydrogen (secondary N) is 3. The molecule has 1 aliphatic heterocycles. The van der Waals surface area contributed by atoms with Gasteiger partial charge in [0.25, 0.3) is 11.8 Å². The predicted octanol–water partition coefficient (Wildman–Crippen LogP) is 4.67. The van der Waals surface area contributed by atoms with Gasteiger partial charge in [-0.15, -0.1) is 0 Å². The molecule has 3 amide bonds. The highest BCUT2D eigenvalue weighted by Gasteiger charge is 2.46. The predicted molar refractivity (Wildman–Crippen MR) is 157 cm³/mol. The molecule has 1 saturated heterocycles. The molecule has 0 saturated carbocycles. The second-order valence-electron chi connectivity index (χ2n) is 11.8. The summed E-state index contributed by atoms with van der Waals surface area (Å²) in [7, 11) is 1.28. The Morgan fingerprint density at radius 2 is 1.73 bits per heavy atom. The normalized spacial score (nSPS) is 21.5. The number of aromatic nitrogens is 2. The van der Waals surface area contributed by atoms with Crippen LogP contribution in [-0.4, -0.2) is 63.4 Å². The maximum absolute atomic E-state index is 14.9. The van der Waals surface area contributed by atoms with Crippen LogP contribution in [0.2, 0.25) is 0 Å². The Hall–Kier alpha value is -4.56. The molecule has 4 N–H and O–H groups in total. The average Bonchev–Trinajstić information content (AvgIpc) is 2.95. The molecule has 0 unspecified atom stereocenters. The highest BCUT2D eigenvalue weighted by atomic mass is 19.1. The van der Waals surface area contributed by atoms with Crippen molar-refractivity contribution in [3.05, 3.63) is 77.0 Å². The summed E-state index contributed by atoms with van der Waals surface area (Å²) < 4.78 is 56.0. The third-order valence-corrected chi connectivity index (χ3v) is 7.33. The van der Waals surface area contributed by atoms with E-state index in [1.165, 1.54) is 26.4 Å². The zero-order chi connectivity index (χ0) is 33.3. The van der Waals surface area contributed by atoms with Crippen molar-refractivity contribution in [1.29, 1.82) is 0 Å². The number of nitrogens with zero attached hydrogens (tertiary/aromatic N) is 2. The summed E-state index contributed by atoms with van der Waals surface area (Å²) >= 11 is 0. The standard InChI is InChI=1S/C31H34F3N5O6/c1-15-31(5,43)24(39-29(42)45-30(2,3)4)13-23(44-15)17-9-10-36-14-22(17)38-28(41)21-8-7-18(32)26(37-21)25-19(33)11-16(12-20(25)34)27(40)35-6/h7-12,14-15,23-24,43H,13H2,1-6H3,(H,35,40)(H,38,41)(H,39,42)/t15-,23-,24-,31-/m1/s1. The van der Waals surface area contributed by atoms with E-state index in [2.05, 4.69) is 25.9 Å². The van der Waals surface area contributed by atoms with E-state index in [4.69, 9.17) is 9.47 Å². The lowest BCUT2D eigenvalue weighted by Gasteiger charge is -2.45. The first kappa shape index (κ1) is 33.3. The fourth-order valence-corrected chi connectivity index (χ4v) is 4.83. The van der Waals surface area contributed by atoms with Crippen LogP contribution in [0.3, 0.4) is 0 Å². The first-order valence-electron chi connectivity index (χ1n) is 14.0. The van der Waals surface area contributed by atoms with Crippen molar-refractivity contribution in [2.75, 3.05) is 12.4 Å². The molecule has 4 atom stereocenters. The van der Waals surface area contributed by atoms with Gasteiger partial charge in [0, 0.05) is 30.8 Å². The molecule has 1 aromatic carbocycles.